The topological polar surface area (TPSA) is 96.7 Å². The second kappa shape index (κ2) is 9.91. The smallest absolute Gasteiger partial charge is 0.407 e. The molecule has 2 rings (SSSR count). The molecule has 1 aliphatic heterocycles. The number of oxazole rings is 1. The van der Waals surface area contributed by atoms with E-state index in [-0.39, 0.29) is 18.9 Å². The quantitative estimate of drug-likeness (QED) is 0.738. The lowest BCUT2D eigenvalue weighted by Crippen LogP contribution is -2.39. The number of aromatic nitrogens is 1. The molecule has 0 aromatic carbocycles. The molecule has 2 N–H and O–H groups in total. The lowest BCUT2D eigenvalue weighted by Gasteiger charge is -2.31. The number of alkyl carbamates (subject to hydrolysis) is 1. The molecule has 0 spiro atoms. The Labute approximate surface area is 167 Å². The summed E-state index contributed by atoms with van der Waals surface area (Å²) in [4.78, 5) is 30.3. The molecule has 0 saturated carbocycles. The van der Waals surface area contributed by atoms with E-state index in [0.29, 0.717) is 12.5 Å². The van der Waals surface area contributed by atoms with Crippen LogP contribution in [-0.2, 0) is 16.1 Å². The predicted octanol–water partition coefficient (Wildman–Crippen LogP) is 2.53. The minimum Gasteiger partial charge on any atom is -0.444 e. The molecule has 0 aliphatic carbocycles. The van der Waals surface area contributed by atoms with E-state index < -0.39 is 11.7 Å². The fourth-order valence-electron chi connectivity index (χ4n) is 3.09. The first-order chi connectivity index (χ1) is 13.1. The molecule has 158 valence electrons. The number of ether oxygens (including phenoxy) is 1. The molecule has 1 aliphatic rings. The normalized spacial score (nSPS) is 16.0. The molecule has 1 aromatic rings. The Morgan fingerprint density at radius 3 is 2.46 bits per heavy atom. The van der Waals surface area contributed by atoms with Crippen molar-refractivity contribution in [1.29, 1.82) is 0 Å². The molecule has 1 saturated heterocycles. The van der Waals surface area contributed by atoms with Crippen molar-refractivity contribution in [2.45, 2.75) is 66.0 Å². The second-order valence-electron chi connectivity index (χ2n) is 8.45. The average molecular weight is 395 g/mol. The molecule has 0 radical (unpaired) electrons. The molecule has 0 bridgehead atoms. The summed E-state index contributed by atoms with van der Waals surface area (Å²) in [5.74, 6) is 2.09. The van der Waals surface area contributed by atoms with Gasteiger partial charge in [-0.1, -0.05) is 0 Å². The van der Waals surface area contributed by atoms with Crippen LogP contribution in [0.5, 0.6) is 0 Å². The third-order valence-corrected chi connectivity index (χ3v) is 4.75. The zero-order valence-corrected chi connectivity index (χ0v) is 17.8. The Balaban J connectivity index is 1.57. The van der Waals surface area contributed by atoms with Crippen molar-refractivity contribution in [2.24, 2.45) is 5.92 Å². The highest BCUT2D eigenvalue weighted by Crippen LogP contribution is 2.19. The summed E-state index contributed by atoms with van der Waals surface area (Å²) in [6.45, 7) is 12.9. The van der Waals surface area contributed by atoms with Crippen molar-refractivity contribution in [3.05, 3.63) is 17.3 Å². The molecule has 28 heavy (non-hydrogen) atoms. The Morgan fingerprint density at radius 1 is 1.21 bits per heavy atom. The van der Waals surface area contributed by atoms with Gasteiger partial charge in [-0.25, -0.2) is 9.78 Å². The summed E-state index contributed by atoms with van der Waals surface area (Å²) in [7, 11) is 0. The molecular weight excluding hydrogens is 360 g/mol. The van der Waals surface area contributed by atoms with Gasteiger partial charge in [0.05, 0.1) is 12.2 Å². The SMILES string of the molecule is Cc1nc(CN2CCC(CNC(=O)CCNC(=O)OC(C)(C)C)CC2)oc1C. The van der Waals surface area contributed by atoms with Gasteiger partial charge in [0.1, 0.15) is 11.4 Å². The summed E-state index contributed by atoms with van der Waals surface area (Å²) in [6, 6.07) is 0. The van der Waals surface area contributed by atoms with E-state index >= 15 is 0 Å². The van der Waals surface area contributed by atoms with Gasteiger partial charge in [0.2, 0.25) is 11.8 Å². The van der Waals surface area contributed by atoms with Crippen LogP contribution in [0.2, 0.25) is 0 Å². The fourth-order valence-corrected chi connectivity index (χ4v) is 3.09. The number of hydrogen-bond donors (Lipinski definition) is 2. The van der Waals surface area contributed by atoms with Crippen LogP contribution in [0.4, 0.5) is 4.79 Å². The van der Waals surface area contributed by atoms with Gasteiger partial charge >= 0.3 is 6.09 Å². The number of rotatable bonds is 7. The zero-order valence-electron chi connectivity index (χ0n) is 17.8. The third-order valence-electron chi connectivity index (χ3n) is 4.75. The maximum Gasteiger partial charge on any atom is 0.407 e. The van der Waals surface area contributed by atoms with Crippen molar-refractivity contribution >= 4 is 12.0 Å². The number of carbonyl (C=O) groups excluding carboxylic acids is 2. The van der Waals surface area contributed by atoms with Gasteiger partial charge in [-0.2, -0.15) is 0 Å². The van der Waals surface area contributed by atoms with Crippen LogP contribution in [0.25, 0.3) is 0 Å². The second-order valence-corrected chi connectivity index (χ2v) is 8.45. The number of hydrogen-bond acceptors (Lipinski definition) is 6. The van der Waals surface area contributed by atoms with E-state index in [1.54, 1.807) is 20.8 Å². The summed E-state index contributed by atoms with van der Waals surface area (Å²) in [6.07, 6.45) is 1.83. The van der Waals surface area contributed by atoms with Crippen LogP contribution >= 0.6 is 0 Å². The van der Waals surface area contributed by atoms with E-state index in [0.717, 1.165) is 49.8 Å². The number of nitrogens with one attached hydrogen (secondary N) is 2. The van der Waals surface area contributed by atoms with Crippen molar-refractivity contribution in [1.82, 2.24) is 20.5 Å². The summed E-state index contributed by atoms with van der Waals surface area (Å²) < 4.78 is 10.8. The Kier molecular flexibility index (Phi) is 7.86. The van der Waals surface area contributed by atoms with Gasteiger partial charge in [0.25, 0.3) is 0 Å². The molecule has 2 heterocycles. The lowest BCUT2D eigenvalue weighted by atomic mass is 9.97. The number of carbonyl (C=O) groups is 2. The molecule has 8 heteroatoms. The number of nitrogens with zero attached hydrogens (tertiary/aromatic N) is 2. The van der Waals surface area contributed by atoms with Gasteiger partial charge in [-0.3, -0.25) is 9.69 Å². The van der Waals surface area contributed by atoms with E-state index in [9.17, 15) is 9.59 Å². The first kappa shape index (κ1) is 22.2. The van der Waals surface area contributed by atoms with Gasteiger partial charge in [-0.05, 0) is 66.5 Å². The molecule has 0 atom stereocenters. The Bertz CT molecular complexity index is 638. The fraction of sp³-hybridized carbons (Fsp3) is 0.750. The van der Waals surface area contributed by atoms with Gasteiger partial charge in [0, 0.05) is 19.5 Å². The minimum atomic E-state index is -0.536. The van der Waals surface area contributed by atoms with Crippen LogP contribution in [0.1, 0.15) is 57.4 Å². The molecule has 2 amide bonds. The third kappa shape index (κ3) is 7.88. The molecule has 1 aromatic heterocycles. The summed E-state index contributed by atoms with van der Waals surface area (Å²) in [5, 5.41) is 5.57. The van der Waals surface area contributed by atoms with Crippen LogP contribution < -0.4 is 10.6 Å². The van der Waals surface area contributed by atoms with Gasteiger partial charge < -0.3 is 19.8 Å². The number of piperidine rings is 1. The predicted molar refractivity (Wildman–Crippen MR) is 106 cm³/mol. The first-order valence-corrected chi connectivity index (χ1v) is 10.0. The Hall–Kier alpha value is -2.09. The Morgan fingerprint density at radius 2 is 1.89 bits per heavy atom. The van der Waals surface area contributed by atoms with Crippen molar-refractivity contribution in [3.63, 3.8) is 0 Å². The zero-order chi connectivity index (χ0) is 20.7. The molecular formula is C20H34N4O4. The van der Waals surface area contributed by atoms with E-state index in [4.69, 9.17) is 9.15 Å². The summed E-state index contributed by atoms with van der Waals surface area (Å²) >= 11 is 0. The highest BCUT2D eigenvalue weighted by molar-refractivity contribution is 5.77. The highest BCUT2D eigenvalue weighted by atomic mass is 16.6. The number of likely N-dealkylation sites (tertiary alicyclic amines) is 1. The van der Waals surface area contributed by atoms with Crippen LogP contribution in [0.15, 0.2) is 4.42 Å². The highest BCUT2D eigenvalue weighted by Gasteiger charge is 2.21. The van der Waals surface area contributed by atoms with E-state index in [2.05, 4.69) is 20.5 Å². The van der Waals surface area contributed by atoms with Crippen LogP contribution in [0, 0.1) is 19.8 Å². The number of amides is 2. The van der Waals surface area contributed by atoms with Gasteiger partial charge in [-0.15, -0.1) is 0 Å². The average Bonchev–Trinajstić information content (AvgIpc) is 2.90. The van der Waals surface area contributed by atoms with Crippen molar-refractivity contribution < 1.29 is 18.7 Å². The van der Waals surface area contributed by atoms with Crippen molar-refractivity contribution in [2.75, 3.05) is 26.2 Å². The van der Waals surface area contributed by atoms with Gasteiger partial charge in [0.15, 0.2) is 0 Å². The number of aryl methyl sites for hydroxylation is 2. The van der Waals surface area contributed by atoms with Crippen LogP contribution in [-0.4, -0.2) is 53.7 Å². The first-order valence-electron chi connectivity index (χ1n) is 10.0. The standard InChI is InChI=1S/C20H34N4O4/c1-14-15(2)27-18(23-14)13-24-10-7-16(8-11-24)12-22-17(25)6-9-21-19(26)28-20(3,4)5/h16H,6-13H2,1-5H3,(H,21,26)(H,22,25). The van der Waals surface area contributed by atoms with Crippen LogP contribution in [0.3, 0.4) is 0 Å². The monoisotopic (exact) mass is 394 g/mol. The molecule has 8 nitrogen and oxygen atoms in total. The largest absolute Gasteiger partial charge is 0.444 e. The minimum absolute atomic E-state index is 0.0516. The maximum atomic E-state index is 12.0. The van der Waals surface area contributed by atoms with E-state index in [1.807, 2.05) is 13.8 Å². The van der Waals surface area contributed by atoms with E-state index in [1.165, 1.54) is 0 Å². The molecule has 1 fully saturated rings. The summed E-state index contributed by atoms with van der Waals surface area (Å²) in [5.41, 5.74) is 0.417. The van der Waals surface area contributed by atoms with Crippen molar-refractivity contribution in [3.8, 4) is 0 Å². The molecule has 0 unspecified atom stereocenters. The maximum absolute atomic E-state index is 12.0. The lowest BCUT2D eigenvalue weighted by molar-refractivity contribution is -0.121.